The summed E-state index contributed by atoms with van der Waals surface area (Å²) in [4.78, 5) is 3.42. The van der Waals surface area contributed by atoms with Crippen LogP contribution in [0, 0.1) is 6.92 Å². The Kier molecular flexibility index (Phi) is 3.82. The Bertz CT molecular complexity index is 963. The molecule has 0 saturated carbocycles. The molecule has 1 aliphatic heterocycles. The number of benzene rings is 1. The van der Waals surface area contributed by atoms with Crippen molar-refractivity contribution in [2.24, 2.45) is 0 Å². The van der Waals surface area contributed by atoms with Crippen LogP contribution < -0.4 is 0 Å². The summed E-state index contributed by atoms with van der Waals surface area (Å²) in [6, 6.07) is 12.8. The van der Waals surface area contributed by atoms with Gasteiger partial charge in [-0.1, -0.05) is 24.1 Å². The molecular weight excluding hydrogens is 344 g/mol. The monoisotopic (exact) mass is 362 g/mol. The molecule has 120 valence electrons. The van der Waals surface area contributed by atoms with E-state index < -0.39 is 9.84 Å². The van der Waals surface area contributed by atoms with E-state index in [1.807, 2.05) is 6.07 Å². The van der Waals surface area contributed by atoms with Crippen molar-refractivity contribution >= 4 is 42.6 Å². The first-order valence-corrected chi connectivity index (χ1v) is 11.2. The number of hydrogen-bond acceptors (Lipinski definition) is 4. The van der Waals surface area contributed by atoms with E-state index in [9.17, 15) is 8.42 Å². The maximum atomic E-state index is 12.3. The highest BCUT2D eigenvalue weighted by atomic mass is 32.2. The first-order chi connectivity index (χ1) is 11.0. The average Bonchev–Trinajstić information content (AvgIpc) is 3.12. The summed E-state index contributed by atoms with van der Waals surface area (Å²) in [5.74, 6) is 0.340. The molecule has 0 spiro atoms. The topological polar surface area (TPSA) is 34.1 Å². The summed E-state index contributed by atoms with van der Waals surface area (Å²) in [7, 11) is -2.96. The Labute approximate surface area is 144 Å². The minimum atomic E-state index is -2.96. The van der Waals surface area contributed by atoms with Gasteiger partial charge < -0.3 is 0 Å². The molecule has 1 saturated heterocycles. The lowest BCUT2D eigenvalue weighted by Gasteiger charge is -2.20. The summed E-state index contributed by atoms with van der Waals surface area (Å²) in [6.07, 6.45) is 2.60. The van der Waals surface area contributed by atoms with E-state index in [0.29, 0.717) is 5.75 Å². The molecule has 3 heterocycles. The third kappa shape index (κ3) is 2.86. The quantitative estimate of drug-likeness (QED) is 0.596. The fraction of sp³-hybridized carbons (Fsp3) is 0.333. The van der Waals surface area contributed by atoms with Crippen molar-refractivity contribution < 1.29 is 8.42 Å². The van der Waals surface area contributed by atoms with Crippen molar-refractivity contribution in [1.82, 2.24) is 0 Å². The number of thiophene rings is 2. The molecule has 0 bridgehead atoms. The smallest absolute Gasteiger partial charge is 0.158 e. The Hall–Kier alpha value is -1.17. The van der Waals surface area contributed by atoms with Crippen molar-refractivity contribution in [2.45, 2.75) is 31.4 Å². The van der Waals surface area contributed by atoms with Crippen LogP contribution >= 0.6 is 22.7 Å². The molecule has 0 radical (unpaired) electrons. The zero-order chi connectivity index (χ0) is 16.0. The van der Waals surface area contributed by atoms with Gasteiger partial charge in [-0.3, -0.25) is 0 Å². The molecule has 2 aromatic heterocycles. The molecule has 1 unspecified atom stereocenters. The van der Waals surface area contributed by atoms with Crippen LogP contribution in [0.5, 0.6) is 0 Å². The zero-order valence-electron chi connectivity index (χ0n) is 12.9. The number of aryl methyl sites for hydroxylation is 1. The second kappa shape index (κ2) is 5.72. The van der Waals surface area contributed by atoms with Crippen LogP contribution in [0.2, 0.25) is 0 Å². The van der Waals surface area contributed by atoms with Gasteiger partial charge in [-0.05, 0) is 49.4 Å². The maximum absolute atomic E-state index is 12.3. The van der Waals surface area contributed by atoms with E-state index in [0.717, 1.165) is 24.1 Å². The largest absolute Gasteiger partial charge is 0.228 e. The van der Waals surface area contributed by atoms with Gasteiger partial charge in [0.25, 0.3) is 0 Å². The molecule has 0 amide bonds. The van der Waals surface area contributed by atoms with Gasteiger partial charge in [0.1, 0.15) is 0 Å². The second-order valence-electron chi connectivity index (χ2n) is 6.21. The fourth-order valence-corrected chi connectivity index (χ4v) is 7.80. The predicted molar refractivity (Wildman–Crippen MR) is 100 cm³/mol. The highest BCUT2D eigenvalue weighted by Crippen LogP contribution is 2.42. The summed E-state index contributed by atoms with van der Waals surface area (Å²) >= 11 is 3.43. The lowest BCUT2D eigenvalue weighted by atomic mass is 10.1. The minimum absolute atomic E-state index is 0.286. The normalized spacial score (nSPS) is 20.8. The molecule has 2 nitrogen and oxygen atoms in total. The Morgan fingerprint density at radius 3 is 2.70 bits per heavy atom. The van der Waals surface area contributed by atoms with Crippen molar-refractivity contribution in [2.75, 3.05) is 5.75 Å². The van der Waals surface area contributed by atoms with Crippen LogP contribution in [0.15, 0.2) is 36.4 Å². The van der Waals surface area contributed by atoms with Crippen LogP contribution in [0.1, 0.15) is 35.0 Å². The van der Waals surface area contributed by atoms with Crippen molar-refractivity contribution in [3.63, 3.8) is 0 Å². The maximum Gasteiger partial charge on any atom is 0.158 e. The molecule has 0 aliphatic carbocycles. The van der Waals surface area contributed by atoms with E-state index >= 15 is 0 Å². The van der Waals surface area contributed by atoms with Gasteiger partial charge in [0.15, 0.2) is 9.84 Å². The molecule has 1 aliphatic rings. The van der Waals surface area contributed by atoms with Gasteiger partial charge in [-0.2, -0.15) is 0 Å². The lowest BCUT2D eigenvalue weighted by Crippen LogP contribution is -2.20. The standard InChI is InChI=1S/C18H18O2S3/c1-12-5-6-14-13(10-12)11-17(21-14)15-7-8-16(22-15)18-4-2-3-9-23(18,19)20/h5-8,10-11,18H,2-4,9H2,1H3. The highest BCUT2D eigenvalue weighted by molar-refractivity contribution is 7.91. The van der Waals surface area contributed by atoms with E-state index in [1.54, 1.807) is 22.7 Å². The van der Waals surface area contributed by atoms with Crippen molar-refractivity contribution in [3.8, 4) is 9.75 Å². The molecular formula is C18H18O2S3. The molecule has 5 heteroatoms. The Morgan fingerprint density at radius 1 is 1.00 bits per heavy atom. The minimum Gasteiger partial charge on any atom is -0.228 e. The summed E-state index contributed by atoms with van der Waals surface area (Å²) < 4.78 is 25.9. The van der Waals surface area contributed by atoms with Crippen molar-refractivity contribution in [1.29, 1.82) is 0 Å². The predicted octanol–water partition coefficient (Wildman–Crippen LogP) is 5.58. The first kappa shape index (κ1) is 15.4. The van der Waals surface area contributed by atoms with Gasteiger partial charge in [0, 0.05) is 19.3 Å². The number of rotatable bonds is 2. The van der Waals surface area contributed by atoms with E-state index in [2.05, 4.69) is 37.3 Å². The molecule has 0 N–H and O–H groups in total. The molecule has 4 rings (SSSR count). The number of sulfone groups is 1. The van der Waals surface area contributed by atoms with Gasteiger partial charge in [0.2, 0.25) is 0 Å². The molecule has 1 fully saturated rings. The number of fused-ring (bicyclic) bond motifs is 1. The Balaban J connectivity index is 1.71. The zero-order valence-corrected chi connectivity index (χ0v) is 15.4. The van der Waals surface area contributed by atoms with E-state index in [4.69, 9.17) is 0 Å². The van der Waals surface area contributed by atoms with Gasteiger partial charge in [0.05, 0.1) is 11.0 Å². The summed E-state index contributed by atoms with van der Waals surface area (Å²) in [5, 5.41) is 0.983. The van der Waals surface area contributed by atoms with Crippen molar-refractivity contribution in [3.05, 3.63) is 46.8 Å². The SMILES string of the molecule is Cc1ccc2sc(-c3ccc(C4CCCCS4(=O)=O)s3)cc2c1. The van der Waals surface area contributed by atoms with Crippen LogP contribution in [0.4, 0.5) is 0 Å². The second-order valence-corrected chi connectivity index (χ2v) is 10.7. The van der Waals surface area contributed by atoms with Crippen LogP contribution in [0.25, 0.3) is 19.8 Å². The highest BCUT2D eigenvalue weighted by Gasteiger charge is 2.31. The third-order valence-electron chi connectivity index (χ3n) is 4.44. The molecule has 3 aromatic rings. The molecule has 1 atom stereocenters. The molecule has 23 heavy (non-hydrogen) atoms. The van der Waals surface area contributed by atoms with Gasteiger partial charge in [-0.25, -0.2) is 8.42 Å². The summed E-state index contributed by atoms with van der Waals surface area (Å²) in [5.41, 5.74) is 1.27. The fourth-order valence-electron chi connectivity index (χ4n) is 3.22. The van der Waals surface area contributed by atoms with Crippen LogP contribution in [0.3, 0.4) is 0 Å². The lowest BCUT2D eigenvalue weighted by molar-refractivity contribution is 0.548. The van der Waals surface area contributed by atoms with Gasteiger partial charge in [-0.15, -0.1) is 22.7 Å². The third-order valence-corrected chi connectivity index (χ3v) is 9.31. The Morgan fingerprint density at radius 2 is 1.87 bits per heavy atom. The van der Waals surface area contributed by atoms with Crippen LogP contribution in [-0.4, -0.2) is 14.2 Å². The number of hydrogen-bond donors (Lipinski definition) is 0. The van der Waals surface area contributed by atoms with E-state index in [1.165, 1.54) is 25.4 Å². The molecule has 1 aromatic carbocycles. The first-order valence-electron chi connectivity index (χ1n) is 7.85. The average molecular weight is 363 g/mol. The van der Waals surface area contributed by atoms with Gasteiger partial charge >= 0.3 is 0 Å². The summed E-state index contributed by atoms with van der Waals surface area (Å²) in [6.45, 7) is 2.11. The van der Waals surface area contributed by atoms with Crippen LogP contribution in [-0.2, 0) is 9.84 Å². The van der Waals surface area contributed by atoms with E-state index in [-0.39, 0.29) is 5.25 Å².